The van der Waals surface area contributed by atoms with Crippen LogP contribution in [0, 0.1) is 33.6 Å². The van der Waals surface area contributed by atoms with E-state index in [1.165, 1.54) is 22.3 Å². The van der Waals surface area contributed by atoms with Crippen LogP contribution < -0.4 is 10.4 Å². The van der Waals surface area contributed by atoms with Gasteiger partial charge in [0.15, 0.2) is 0 Å². The van der Waals surface area contributed by atoms with E-state index < -0.39 is 8.07 Å². The van der Waals surface area contributed by atoms with Gasteiger partial charge in [-0.15, -0.1) is 0 Å². The molecule has 0 amide bonds. The molecule has 0 N–H and O–H groups in total. The van der Waals surface area contributed by atoms with Crippen molar-refractivity contribution in [2.45, 2.75) is 54.5 Å². The zero-order valence-corrected chi connectivity index (χ0v) is 18.4. The summed E-state index contributed by atoms with van der Waals surface area (Å²) in [6.45, 7) is 16.2. The Morgan fingerprint density at radius 2 is 1.12 bits per heavy atom. The molecule has 0 saturated heterocycles. The van der Waals surface area contributed by atoms with Gasteiger partial charge in [0, 0.05) is 0 Å². The fourth-order valence-corrected chi connectivity index (χ4v) is 9.09. The van der Waals surface area contributed by atoms with Gasteiger partial charge in [-0.2, -0.15) is 0 Å². The van der Waals surface area contributed by atoms with E-state index in [1.807, 2.05) is 0 Å². The van der Waals surface area contributed by atoms with Gasteiger partial charge in [0.1, 0.15) is 8.07 Å². The molecule has 1 heteroatoms. The Morgan fingerprint density at radius 3 is 1.50 bits per heavy atom. The summed E-state index contributed by atoms with van der Waals surface area (Å²) < 4.78 is 0. The van der Waals surface area contributed by atoms with Gasteiger partial charge in [0.05, 0.1) is 0 Å². The average Bonchev–Trinajstić information content (AvgIpc) is 3.02. The number of hydrogen-bond donors (Lipinski definition) is 0. The number of allylic oxidation sites excluding steroid dienone is 4. The van der Waals surface area contributed by atoms with Crippen molar-refractivity contribution < 1.29 is 0 Å². The largest absolute Gasteiger partial charge is 0.145 e. The van der Waals surface area contributed by atoms with Crippen LogP contribution in [0.2, 0.25) is 6.55 Å². The molecule has 3 rings (SSSR count). The lowest BCUT2D eigenvalue weighted by Crippen LogP contribution is -2.58. The quantitative estimate of drug-likeness (QED) is 0.626. The fourth-order valence-electron chi connectivity index (χ4n) is 4.58. The second-order valence-electron chi connectivity index (χ2n) is 8.55. The molecular formula is C25H32Si. The molecular weight excluding hydrogens is 328 g/mol. The molecule has 0 fully saturated rings. The van der Waals surface area contributed by atoms with E-state index in [0.29, 0.717) is 5.92 Å². The standard InChI is InChI=1S/C25H32Si/c1-17(2)24-9-8-10-25(24)26(7,22-13-18(3)11-19(4)14-22)23-15-20(5)12-21(6)16-23/h9-17H,8H2,1-7H3. The highest BCUT2D eigenvalue weighted by atomic mass is 28.3. The molecule has 0 aliphatic heterocycles. The SMILES string of the molecule is Cc1cc(C)cc([Si](C)(C2=CCC=C2C(C)C)c2cc(C)cc(C)c2)c1. The van der Waals surface area contributed by atoms with Crippen molar-refractivity contribution in [2.75, 3.05) is 0 Å². The van der Waals surface area contributed by atoms with E-state index in [4.69, 9.17) is 0 Å². The summed E-state index contributed by atoms with van der Waals surface area (Å²) in [4.78, 5) is 0. The molecule has 0 unspecified atom stereocenters. The molecule has 1 aliphatic carbocycles. The molecule has 0 heterocycles. The first-order chi connectivity index (χ1) is 12.2. The Kier molecular flexibility index (Phi) is 5.12. The molecule has 0 saturated carbocycles. The van der Waals surface area contributed by atoms with Gasteiger partial charge >= 0.3 is 0 Å². The Labute approximate surface area is 160 Å². The van der Waals surface area contributed by atoms with Crippen LogP contribution in [0.4, 0.5) is 0 Å². The smallest absolute Gasteiger partial charge is 0.0804 e. The topological polar surface area (TPSA) is 0 Å². The summed E-state index contributed by atoms with van der Waals surface area (Å²) in [6.07, 6.45) is 6.05. The molecule has 2 aromatic carbocycles. The molecule has 0 bridgehead atoms. The Bertz CT molecular complexity index is 804. The third-order valence-electron chi connectivity index (χ3n) is 5.73. The van der Waals surface area contributed by atoms with Crippen molar-refractivity contribution in [3.63, 3.8) is 0 Å². The first kappa shape index (κ1) is 18.9. The minimum Gasteiger partial charge on any atom is -0.0804 e. The summed E-state index contributed by atoms with van der Waals surface area (Å²) in [7, 11) is -2.03. The van der Waals surface area contributed by atoms with Crippen molar-refractivity contribution in [1.82, 2.24) is 0 Å². The zero-order valence-electron chi connectivity index (χ0n) is 17.4. The van der Waals surface area contributed by atoms with Crippen LogP contribution in [0.3, 0.4) is 0 Å². The number of aryl methyl sites for hydroxylation is 4. The number of benzene rings is 2. The Morgan fingerprint density at radius 1 is 0.692 bits per heavy atom. The summed E-state index contributed by atoms with van der Waals surface area (Å²) in [5.74, 6) is 0.576. The van der Waals surface area contributed by atoms with E-state index in [0.717, 1.165) is 6.42 Å². The molecule has 0 radical (unpaired) electrons. The van der Waals surface area contributed by atoms with Crippen LogP contribution >= 0.6 is 0 Å². The first-order valence-electron chi connectivity index (χ1n) is 9.80. The summed E-state index contributed by atoms with van der Waals surface area (Å²) in [5.41, 5.74) is 7.06. The Balaban J connectivity index is 2.30. The van der Waals surface area contributed by atoms with Crippen molar-refractivity contribution in [3.05, 3.63) is 81.6 Å². The molecule has 0 spiro atoms. The number of hydrogen-bond acceptors (Lipinski definition) is 0. The van der Waals surface area contributed by atoms with Crippen LogP contribution in [0.5, 0.6) is 0 Å². The van der Waals surface area contributed by atoms with Gasteiger partial charge in [-0.3, -0.25) is 0 Å². The minimum atomic E-state index is -2.03. The lowest BCUT2D eigenvalue weighted by atomic mass is 10.1. The van der Waals surface area contributed by atoms with Crippen molar-refractivity contribution in [2.24, 2.45) is 5.92 Å². The highest BCUT2D eigenvalue weighted by molar-refractivity contribution is 7.07. The third-order valence-corrected chi connectivity index (χ3v) is 10.2. The molecule has 1 aliphatic rings. The molecule has 0 nitrogen and oxygen atoms in total. The maximum Gasteiger partial charge on any atom is 0.145 e. The van der Waals surface area contributed by atoms with Crippen molar-refractivity contribution >= 4 is 18.4 Å². The Hall–Kier alpha value is -1.86. The minimum absolute atomic E-state index is 0.576. The predicted octanol–water partition coefficient (Wildman–Crippen LogP) is 5.56. The monoisotopic (exact) mass is 360 g/mol. The molecule has 136 valence electrons. The van der Waals surface area contributed by atoms with Gasteiger partial charge in [-0.25, -0.2) is 0 Å². The normalized spacial score (nSPS) is 14.6. The molecule has 0 atom stereocenters. The summed E-state index contributed by atoms with van der Waals surface area (Å²) in [6, 6.07) is 14.3. The highest BCUT2D eigenvalue weighted by Crippen LogP contribution is 2.33. The maximum atomic E-state index is 2.56. The molecule has 26 heavy (non-hydrogen) atoms. The predicted molar refractivity (Wildman–Crippen MR) is 118 cm³/mol. The summed E-state index contributed by atoms with van der Waals surface area (Å²) in [5, 5.41) is 4.71. The van der Waals surface area contributed by atoms with Gasteiger partial charge in [-0.05, 0) is 56.0 Å². The zero-order chi connectivity index (χ0) is 19.1. The van der Waals surface area contributed by atoms with E-state index >= 15 is 0 Å². The van der Waals surface area contributed by atoms with Crippen LogP contribution in [0.1, 0.15) is 42.5 Å². The van der Waals surface area contributed by atoms with Gasteiger partial charge in [0.2, 0.25) is 0 Å². The molecule has 0 aromatic heterocycles. The maximum absolute atomic E-state index is 2.56. The van der Waals surface area contributed by atoms with Gasteiger partial charge in [0.25, 0.3) is 0 Å². The van der Waals surface area contributed by atoms with Crippen molar-refractivity contribution in [1.29, 1.82) is 0 Å². The average molecular weight is 361 g/mol. The van der Waals surface area contributed by atoms with Crippen LogP contribution in [-0.2, 0) is 0 Å². The second-order valence-corrected chi connectivity index (χ2v) is 12.5. The van der Waals surface area contributed by atoms with Crippen molar-refractivity contribution in [3.8, 4) is 0 Å². The van der Waals surface area contributed by atoms with Crippen LogP contribution in [0.25, 0.3) is 0 Å². The number of rotatable bonds is 4. The van der Waals surface area contributed by atoms with Crippen LogP contribution in [0.15, 0.2) is 59.3 Å². The van der Waals surface area contributed by atoms with Crippen LogP contribution in [-0.4, -0.2) is 8.07 Å². The van der Waals surface area contributed by atoms with Gasteiger partial charge in [-0.1, -0.05) is 96.4 Å². The van der Waals surface area contributed by atoms with E-state index in [1.54, 1.807) is 21.1 Å². The van der Waals surface area contributed by atoms with E-state index in [-0.39, 0.29) is 0 Å². The molecule has 2 aromatic rings. The van der Waals surface area contributed by atoms with E-state index in [9.17, 15) is 0 Å². The first-order valence-corrected chi connectivity index (χ1v) is 12.3. The summed E-state index contributed by atoms with van der Waals surface area (Å²) >= 11 is 0. The van der Waals surface area contributed by atoms with Gasteiger partial charge < -0.3 is 0 Å². The van der Waals surface area contributed by atoms with E-state index in [2.05, 4.69) is 96.6 Å². The highest BCUT2D eigenvalue weighted by Gasteiger charge is 2.39. The fraction of sp³-hybridized carbons (Fsp3) is 0.360. The lowest BCUT2D eigenvalue weighted by Gasteiger charge is -2.34. The third kappa shape index (κ3) is 3.37. The second kappa shape index (κ2) is 7.04. The lowest BCUT2D eigenvalue weighted by molar-refractivity contribution is 0.788.